The van der Waals surface area contributed by atoms with Gasteiger partial charge in [-0.15, -0.1) is 0 Å². The molecule has 0 aliphatic rings. The number of nitrogen functional groups attached to an aromatic ring is 1. The summed E-state index contributed by atoms with van der Waals surface area (Å²) >= 11 is 0. The van der Waals surface area contributed by atoms with Gasteiger partial charge in [-0.3, -0.25) is 10.3 Å². The van der Waals surface area contributed by atoms with E-state index in [1.807, 2.05) is 39.8 Å². The van der Waals surface area contributed by atoms with Crippen molar-refractivity contribution in [2.24, 2.45) is 0 Å². The monoisotopic (exact) mass is 281 g/mol. The van der Waals surface area contributed by atoms with Crippen LogP contribution in [0.4, 0.5) is 17.1 Å². The third-order valence-corrected chi connectivity index (χ3v) is 3.77. The Morgan fingerprint density at radius 2 is 1.75 bits per heavy atom. The van der Waals surface area contributed by atoms with E-state index in [-0.39, 0.29) is 0 Å². The highest BCUT2D eigenvalue weighted by Crippen LogP contribution is 2.31. The van der Waals surface area contributed by atoms with Gasteiger partial charge >= 0.3 is 0 Å². The number of anilines is 3. The maximum Gasteiger partial charge on any atom is 0.118 e. The normalized spacial score (nSPS) is 12.3. The molecule has 20 heavy (non-hydrogen) atoms. The number of hydrogen-bond acceptors (Lipinski definition) is 5. The maximum atomic E-state index is 10.1. The van der Waals surface area contributed by atoms with Gasteiger partial charge in [-0.25, -0.2) is 0 Å². The molecule has 0 fully saturated rings. The molecule has 0 aliphatic carbocycles. The Hall–Kier alpha value is -1.46. The van der Waals surface area contributed by atoms with Crippen LogP contribution in [-0.2, 0) is 4.84 Å². The van der Waals surface area contributed by atoms with Crippen LogP contribution in [0.15, 0.2) is 12.1 Å². The molecular weight excluding hydrogens is 254 g/mol. The molecule has 0 heterocycles. The Kier molecular flexibility index (Phi) is 4.89. The molecule has 114 valence electrons. The van der Waals surface area contributed by atoms with Gasteiger partial charge in [-0.1, -0.05) is 0 Å². The summed E-state index contributed by atoms with van der Waals surface area (Å²) in [7, 11) is 0. The summed E-state index contributed by atoms with van der Waals surface area (Å²) in [6, 6.07) is 3.82. The summed E-state index contributed by atoms with van der Waals surface area (Å²) in [6.07, 6.45) is 0. The van der Waals surface area contributed by atoms with Crippen molar-refractivity contribution in [3.63, 3.8) is 0 Å². The topological polar surface area (TPSA) is 79.5 Å². The van der Waals surface area contributed by atoms with Gasteiger partial charge in [0.25, 0.3) is 0 Å². The fraction of sp³-hybridized carbons (Fsp3) is 0.600. The van der Waals surface area contributed by atoms with Crippen molar-refractivity contribution in [3.8, 4) is 0 Å². The van der Waals surface area contributed by atoms with Gasteiger partial charge in [-0.2, -0.15) is 0 Å². The largest absolute Gasteiger partial charge is 0.397 e. The number of nitrogens with one attached hydrogen (secondary N) is 2. The predicted octanol–water partition coefficient (Wildman–Crippen LogP) is 2.90. The molecule has 5 heteroatoms. The molecule has 1 aromatic rings. The van der Waals surface area contributed by atoms with Gasteiger partial charge in [-0.05, 0) is 59.2 Å². The lowest BCUT2D eigenvalue weighted by Crippen LogP contribution is -2.48. The molecule has 1 aromatic carbocycles. The Balaban J connectivity index is 2.87. The van der Waals surface area contributed by atoms with Gasteiger partial charge < -0.3 is 16.2 Å². The second-order valence-corrected chi connectivity index (χ2v) is 6.00. The van der Waals surface area contributed by atoms with Crippen molar-refractivity contribution in [1.82, 2.24) is 0 Å². The number of rotatable bonds is 6. The van der Waals surface area contributed by atoms with Crippen LogP contribution in [0.5, 0.6) is 0 Å². The zero-order valence-electron chi connectivity index (χ0n) is 13.3. The number of benzene rings is 1. The number of nitrogens with two attached hydrogens (primary N) is 1. The SMILES string of the molecule is CCNc1ccc(NOC(C)(C)C(C)(C)O)c(C)c1N. The predicted molar refractivity (Wildman–Crippen MR) is 84.8 cm³/mol. The molecule has 0 aliphatic heterocycles. The lowest BCUT2D eigenvalue weighted by molar-refractivity contribution is -0.130. The fourth-order valence-electron chi connectivity index (χ4n) is 1.49. The molecule has 0 saturated heterocycles. The zero-order chi connectivity index (χ0) is 15.6. The van der Waals surface area contributed by atoms with Crippen LogP contribution in [0, 0.1) is 6.92 Å². The van der Waals surface area contributed by atoms with Crippen LogP contribution >= 0.6 is 0 Å². The Morgan fingerprint density at radius 3 is 2.25 bits per heavy atom. The second kappa shape index (κ2) is 5.89. The van der Waals surface area contributed by atoms with Crippen molar-refractivity contribution < 1.29 is 9.94 Å². The summed E-state index contributed by atoms with van der Waals surface area (Å²) in [4.78, 5) is 5.64. The minimum absolute atomic E-state index is 0.696. The first-order valence-corrected chi connectivity index (χ1v) is 6.89. The Bertz CT molecular complexity index is 465. The van der Waals surface area contributed by atoms with Crippen molar-refractivity contribution in [1.29, 1.82) is 0 Å². The molecule has 1 rings (SSSR count). The van der Waals surface area contributed by atoms with E-state index >= 15 is 0 Å². The van der Waals surface area contributed by atoms with Gasteiger partial charge in [0.05, 0.1) is 22.7 Å². The minimum Gasteiger partial charge on any atom is -0.397 e. The van der Waals surface area contributed by atoms with E-state index in [2.05, 4.69) is 10.8 Å². The summed E-state index contributed by atoms with van der Waals surface area (Å²) in [5.74, 6) is 0. The van der Waals surface area contributed by atoms with Crippen molar-refractivity contribution in [3.05, 3.63) is 17.7 Å². The first-order valence-electron chi connectivity index (χ1n) is 6.89. The van der Waals surface area contributed by atoms with Crippen molar-refractivity contribution in [2.75, 3.05) is 23.1 Å². The molecule has 0 bridgehead atoms. The first kappa shape index (κ1) is 16.6. The quantitative estimate of drug-likeness (QED) is 0.476. The van der Waals surface area contributed by atoms with Crippen LogP contribution in [0.2, 0.25) is 0 Å². The zero-order valence-corrected chi connectivity index (χ0v) is 13.3. The van der Waals surface area contributed by atoms with Crippen molar-refractivity contribution in [2.45, 2.75) is 52.7 Å². The van der Waals surface area contributed by atoms with E-state index in [0.717, 1.165) is 23.5 Å². The summed E-state index contributed by atoms with van der Waals surface area (Å²) < 4.78 is 0. The van der Waals surface area contributed by atoms with Crippen LogP contribution in [0.25, 0.3) is 0 Å². The van der Waals surface area contributed by atoms with Crippen molar-refractivity contribution >= 4 is 17.1 Å². The lowest BCUT2D eigenvalue weighted by atomic mass is 9.90. The molecule has 0 radical (unpaired) electrons. The van der Waals surface area contributed by atoms with Crippen LogP contribution in [-0.4, -0.2) is 22.9 Å². The fourth-order valence-corrected chi connectivity index (χ4v) is 1.49. The molecule has 5 nitrogen and oxygen atoms in total. The van der Waals surface area contributed by atoms with Gasteiger partial charge in [0.2, 0.25) is 0 Å². The molecule has 5 N–H and O–H groups in total. The third-order valence-electron chi connectivity index (χ3n) is 3.77. The van der Waals surface area contributed by atoms with E-state index in [9.17, 15) is 5.11 Å². The molecule has 0 spiro atoms. The van der Waals surface area contributed by atoms with E-state index in [4.69, 9.17) is 10.6 Å². The highest BCUT2D eigenvalue weighted by Gasteiger charge is 2.37. The average Bonchev–Trinajstić information content (AvgIpc) is 2.33. The number of aliphatic hydroxyl groups is 1. The average molecular weight is 281 g/mol. The minimum atomic E-state index is -0.969. The van der Waals surface area contributed by atoms with Gasteiger partial charge in [0.15, 0.2) is 0 Å². The molecule has 0 unspecified atom stereocenters. The molecule has 0 saturated carbocycles. The smallest absolute Gasteiger partial charge is 0.118 e. The molecular formula is C15H27N3O2. The van der Waals surface area contributed by atoms with E-state index < -0.39 is 11.2 Å². The van der Waals surface area contributed by atoms with E-state index in [1.54, 1.807) is 13.8 Å². The van der Waals surface area contributed by atoms with Crippen LogP contribution < -0.4 is 16.5 Å². The lowest BCUT2D eigenvalue weighted by Gasteiger charge is -2.36. The standard InChI is InChI=1S/C15H27N3O2/c1-7-17-12-9-8-11(10(2)13(12)16)18-20-15(5,6)14(3,4)19/h8-9,17-19H,7,16H2,1-6H3. The highest BCUT2D eigenvalue weighted by molar-refractivity contribution is 5.76. The highest BCUT2D eigenvalue weighted by atomic mass is 16.7. The summed E-state index contributed by atoms with van der Waals surface area (Å²) in [5, 5.41) is 13.3. The summed E-state index contributed by atoms with van der Waals surface area (Å²) in [5.41, 5.74) is 10.6. The van der Waals surface area contributed by atoms with E-state index in [0.29, 0.717) is 5.69 Å². The van der Waals surface area contributed by atoms with Gasteiger partial charge in [0.1, 0.15) is 5.60 Å². The summed E-state index contributed by atoms with van der Waals surface area (Å²) in [6.45, 7) is 11.8. The first-order chi connectivity index (χ1) is 9.10. The Labute approximate surface area is 121 Å². The molecule has 0 aromatic heterocycles. The van der Waals surface area contributed by atoms with Crippen LogP contribution in [0.1, 0.15) is 40.2 Å². The van der Waals surface area contributed by atoms with Crippen LogP contribution in [0.3, 0.4) is 0 Å². The maximum absolute atomic E-state index is 10.1. The Morgan fingerprint density at radius 1 is 1.20 bits per heavy atom. The van der Waals surface area contributed by atoms with Gasteiger partial charge in [0, 0.05) is 6.54 Å². The van der Waals surface area contributed by atoms with E-state index in [1.165, 1.54) is 0 Å². The number of hydrogen-bond donors (Lipinski definition) is 4. The molecule has 0 atom stereocenters. The second-order valence-electron chi connectivity index (χ2n) is 6.00. The third kappa shape index (κ3) is 3.55. The molecule has 0 amide bonds.